The van der Waals surface area contributed by atoms with Gasteiger partial charge in [0.1, 0.15) is 9.88 Å². The van der Waals surface area contributed by atoms with Crippen molar-refractivity contribution in [1.82, 2.24) is 0 Å². The summed E-state index contributed by atoms with van der Waals surface area (Å²) in [5, 5.41) is 16.2. The summed E-state index contributed by atoms with van der Waals surface area (Å²) in [5.41, 5.74) is 2.61. The van der Waals surface area contributed by atoms with E-state index in [1.807, 2.05) is 0 Å². The van der Waals surface area contributed by atoms with E-state index in [4.69, 9.17) is 19.4 Å². The van der Waals surface area contributed by atoms with Gasteiger partial charge in [-0.15, -0.1) is 22.7 Å². The van der Waals surface area contributed by atoms with Crippen molar-refractivity contribution < 1.29 is 43.0 Å². The predicted molar refractivity (Wildman–Crippen MR) is 138 cm³/mol. The van der Waals surface area contributed by atoms with Gasteiger partial charge >= 0.3 is 11.9 Å². The number of carboxylic acid groups (broad SMARTS) is 1. The SMILES string of the molecule is COC(=O)c1scc(C)c1NC(=O)C[N+](C)(C)CC(=O)Nc1sc2c(c1C(=O)OC)CCCC2.O=C[O-]. The zero-order valence-corrected chi connectivity index (χ0v) is 23.1. The Balaban J connectivity index is 0.00000153. The second kappa shape index (κ2) is 13.3. The van der Waals surface area contributed by atoms with Gasteiger partial charge in [0.25, 0.3) is 11.8 Å². The molecule has 0 saturated carbocycles. The van der Waals surface area contributed by atoms with Crippen LogP contribution in [0.4, 0.5) is 10.7 Å². The molecule has 0 atom stereocenters. The fourth-order valence-corrected chi connectivity index (χ4v) is 6.21. The minimum atomic E-state index is -0.512. The number of esters is 2. The standard InChI is InChI=1S/C23H29N3O6S2.CH2O2/c1-13-12-33-20(23(30)32-5)19(13)24-16(27)10-26(2,3)11-17(28)25-21-18(22(29)31-4)14-8-6-7-9-15(14)34-21;2-1-3/h12H,6-11H2,1-5H3,(H-,24,25,27,28,29,30);1H,(H,2,3). The highest BCUT2D eigenvalue weighted by molar-refractivity contribution is 7.17. The monoisotopic (exact) mass is 553 g/mol. The molecule has 0 radical (unpaired) electrons. The average Bonchev–Trinajstić information content (AvgIpc) is 3.37. The first-order chi connectivity index (χ1) is 17.5. The molecule has 0 aliphatic heterocycles. The lowest BCUT2D eigenvalue weighted by atomic mass is 9.95. The van der Waals surface area contributed by atoms with Crippen LogP contribution in [0.15, 0.2) is 5.38 Å². The number of likely N-dealkylation sites (N-methyl/N-ethyl adjacent to an activating group) is 1. The van der Waals surface area contributed by atoms with E-state index in [0.717, 1.165) is 41.7 Å². The molecule has 13 heteroatoms. The van der Waals surface area contributed by atoms with Crippen LogP contribution in [0.1, 0.15) is 48.9 Å². The van der Waals surface area contributed by atoms with Crippen molar-refractivity contribution in [2.75, 3.05) is 52.0 Å². The Bertz CT molecular complexity index is 1170. The Kier molecular flexibility index (Phi) is 10.8. The topological polar surface area (TPSA) is 151 Å². The molecule has 3 rings (SSSR count). The third-order valence-electron chi connectivity index (χ3n) is 5.57. The summed E-state index contributed by atoms with van der Waals surface area (Å²) in [6, 6.07) is 0. The molecule has 0 saturated heterocycles. The lowest BCUT2D eigenvalue weighted by Gasteiger charge is -2.28. The number of quaternary nitrogens is 1. The summed E-state index contributed by atoms with van der Waals surface area (Å²) < 4.78 is 9.81. The molecule has 0 aromatic carbocycles. The smallest absolute Gasteiger partial charge is 0.350 e. The zero-order chi connectivity index (χ0) is 27.8. The second-order valence-corrected chi connectivity index (χ2v) is 11.0. The molecule has 202 valence electrons. The van der Waals surface area contributed by atoms with E-state index in [1.54, 1.807) is 26.4 Å². The van der Waals surface area contributed by atoms with Crippen LogP contribution in [0.25, 0.3) is 0 Å². The van der Waals surface area contributed by atoms with Crippen LogP contribution in [-0.2, 0) is 36.7 Å². The molecular weight excluding hydrogens is 522 g/mol. The Hall–Kier alpha value is -3.29. The minimum Gasteiger partial charge on any atom is -0.554 e. The number of nitrogens with zero attached hydrogens (tertiary/aromatic N) is 1. The Morgan fingerprint density at radius 3 is 2.19 bits per heavy atom. The van der Waals surface area contributed by atoms with Crippen molar-refractivity contribution in [1.29, 1.82) is 0 Å². The number of amides is 2. The molecule has 0 spiro atoms. The summed E-state index contributed by atoms with van der Waals surface area (Å²) in [6.45, 7) is 1.32. The van der Waals surface area contributed by atoms with Gasteiger partial charge in [-0.2, -0.15) is 0 Å². The maximum absolute atomic E-state index is 12.9. The summed E-state index contributed by atoms with van der Waals surface area (Å²) in [7, 11) is 6.15. The molecule has 11 nitrogen and oxygen atoms in total. The lowest BCUT2D eigenvalue weighted by molar-refractivity contribution is -0.874. The lowest BCUT2D eigenvalue weighted by Crippen LogP contribution is -2.50. The van der Waals surface area contributed by atoms with Crippen LogP contribution in [-0.4, -0.2) is 76.1 Å². The van der Waals surface area contributed by atoms with Gasteiger partial charge in [0, 0.05) is 11.3 Å². The molecule has 1 aliphatic carbocycles. The fraction of sp³-hybridized carbons (Fsp3) is 0.458. The van der Waals surface area contributed by atoms with Crippen molar-refractivity contribution in [3.8, 4) is 0 Å². The van der Waals surface area contributed by atoms with Gasteiger partial charge in [0.15, 0.2) is 13.1 Å². The van der Waals surface area contributed by atoms with Gasteiger partial charge in [0.05, 0.1) is 39.6 Å². The van der Waals surface area contributed by atoms with Gasteiger partial charge in [-0.3, -0.25) is 9.59 Å². The molecular formula is C24H31N3O8S2. The summed E-state index contributed by atoms with van der Waals surface area (Å²) in [6.07, 6.45) is 3.74. The molecule has 2 heterocycles. The van der Waals surface area contributed by atoms with Gasteiger partial charge in [0.2, 0.25) is 0 Å². The van der Waals surface area contributed by atoms with Gasteiger partial charge < -0.3 is 34.5 Å². The van der Waals surface area contributed by atoms with E-state index < -0.39 is 18.4 Å². The van der Waals surface area contributed by atoms with Crippen LogP contribution in [0.5, 0.6) is 0 Å². The van der Waals surface area contributed by atoms with E-state index in [9.17, 15) is 19.2 Å². The highest BCUT2D eigenvalue weighted by Gasteiger charge is 2.30. The highest BCUT2D eigenvalue weighted by atomic mass is 32.1. The number of aryl methyl sites for hydroxylation is 2. The second-order valence-electron chi connectivity index (χ2n) is 8.97. The van der Waals surface area contributed by atoms with Crippen molar-refractivity contribution in [3.05, 3.63) is 31.8 Å². The van der Waals surface area contributed by atoms with Gasteiger partial charge in [-0.1, -0.05) is 0 Å². The number of thiophene rings is 2. The number of fused-ring (bicyclic) bond motifs is 1. The molecule has 37 heavy (non-hydrogen) atoms. The Morgan fingerprint density at radius 2 is 1.59 bits per heavy atom. The van der Waals surface area contributed by atoms with Gasteiger partial charge in [-0.05, 0) is 49.1 Å². The molecule has 0 bridgehead atoms. The predicted octanol–water partition coefficient (Wildman–Crippen LogP) is 1.59. The molecule has 2 N–H and O–H groups in total. The Labute approximate surface area is 223 Å². The van der Waals surface area contributed by atoms with E-state index >= 15 is 0 Å². The fourth-order valence-electron chi connectivity index (χ4n) is 3.99. The first-order valence-electron chi connectivity index (χ1n) is 11.3. The average molecular weight is 554 g/mol. The number of rotatable bonds is 8. The zero-order valence-electron chi connectivity index (χ0n) is 21.4. The summed E-state index contributed by atoms with van der Waals surface area (Å²) in [5.74, 6) is -1.59. The number of carbonyl (C=O) groups excluding carboxylic acids is 5. The Morgan fingerprint density at radius 1 is 1.03 bits per heavy atom. The molecule has 2 amide bonds. The van der Waals surface area contributed by atoms with Crippen LogP contribution in [0.3, 0.4) is 0 Å². The number of nitrogens with one attached hydrogen (secondary N) is 2. The van der Waals surface area contributed by atoms with Crippen LogP contribution in [0, 0.1) is 6.92 Å². The molecule has 2 aromatic heterocycles. The molecule has 1 aliphatic rings. The van der Waals surface area contributed by atoms with Crippen LogP contribution < -0.4 is 15.7 Å². The summed E-state index contributed by atoms with van der Waals surface area (Å²) >= 11 is 2.63. The van der Waals surface area contributed by atoms with Gasteiger partial charge in [-0.25, -0.2) is 9.59 Å². The maximum Gasteiger partial charge on any atom is 0.350 e. The van der Waals surface area contributed by atoms with Crippen LogP contribution >= 0.6 is 22.7 Å². The molecule has 0 fully saturated rings. The number of hydrogen-bond acceptors (Lipinski definition) is 10. The molecule has 2 aromatic rings. The van der Waals surface area contributed by atoms with Crippen molar-refractivity contribution >= 4 is 63.6 Å². The van der Waals surface area contributed by atoms with E-state index in [0.29, 0.717) is 21.1 Å². The van der Waals surface area contributed by atoms with E-state index in [-0.39, 0.29) is 29.4 Å². The van der Waals surface area contributed by atoms with E-state index in [1.165, 1.54) is 36.9 Å². The van der Waals surface area contributed by atoms with Crippen LogP contribution in [0.2, 0.25) is 0 Å². The number of hydrogen-bond donors (Lipinski definition) is 2. The number of carbonyl (C=O) groups is 5. The minimum absolute atomic E-state index is 0.00805. The normalized spacial score (nSPS) is 12.4. The largest absolute Gasteiger partial charge is 0.554 e. The molecule has 0 unspecified atom stereocenters. The third kappa shape index (κ3) is 7.84. The first kappa shape index (κ1) is 29.9. The maximum atomic E-state index is 12.9. The van der Waals surface area contributed by atoms with Crippen molar-refractivity contribution in [2.45, 2.75) is 32.6 Å². The highest BCUT2D eigenvalue weighted by Crippen LogP contribution is 2.38. The quantitative estimate of drug-likeness (QED) is 0.284. The number of ether oxygens (including phenoxy) is 2. The number of anilines is 2. The van der Waals surface area contributed by atoms with E-state index in [2.05, 4.69) is 10.6 Å². The third-order valence-corrected chi connectivity index (χ3v) is 7.85. The summed E-state index contributed by atoms with van der Waals surface area (Å²) in [4.78, 5) is 59.6. The first-order valence-corrected chi connectivity index (χ1v) is 13.0. The van der Waals surface area contributed by atoms with Crippen molar-refractivity contribution in [3.63, 3.8) is 0 Å². The number of methoxy groups -OCH3 is 2. The van der Waals surface area contributed by atoms with Crippen molar-refractivity contribution in [2.24, 2.45) is 0 Å².